The van der Waals surface area contributed by atoms with E-state index in [1.54, 1.807) is 0 Å². The van der Waals surface area contributed by atoms with Crippen LogP contribution in [-0.2, 0) is 24.3 Å². The maximum Gasteiger partial charge on any atom is 0.490 e. The van der Waals surface area contributed by atoms with Gasteiger partial charge in [-0.3, -0.25) is 0 Å². The molecule has 8 nitrogen and oxygen atoms in total. The molecule has 11 heteroatoms. The van der Waals surface area contributed by atoms with Crippen LogP contribution in [0.4, 0.5) is 23.7 Å². The summed E-state index contributed by atoms with van der Waals surface area (Å²) in [6.45, 7) is 8.50. The van der Waals surface area contributed by atoms with Gasteiger partial charge in [-0.1, -0.05) is 91.0 Å². The molecule has 0 spiro atoms. The minimum atomic E-state index is -5.08. The van der Waals surface area contributed by atoms with Crippen LogP contribution in [0, 0.1) is 0 Å². The van der Waals surface area contributed by atoms with Gasteiger partial charge < -0.3 is 30.4 Å². The Labute approximate surface area is 292 Å². The molecule has 50 heavy (non-hydrogen) atoms. The number of hydrogen-bond donors (Lipinski definition) is 3. The SMILES string of the molecule is CN1CCN(CCCN(Cc2cccc(-c3ccc(CNCCc4ccccc4)cc3)c2)C(=O)Nc2ccccc2)CC1.O=C(O)C(F)(F)F. The van der Waals surface area contributed by atoms with Crippen molar-refractivity contribution in [1.29, 1.82) is 0 Å². The molecule has 4 aromatic carbocycles. The number of rotatable bonds is 13. The number of nitrogens with zero attached hydrogens (tertiary/aromatic N) is 3. The first-order valence-electron chi connectivity index (χ1n) is 16.8. The molecular formula is C39H46F3N5O3. The fourth-order valence-electron chi connectivity index (χ4n) is 5.53. The Morgan fingerprint density at radius 2 is 1.40 bits per heavy atom. The average molecular weight is 690 g/mol. The van der Waals surface area contributed by atoms with Crippen molar-refractivity contribution >= 4 is 17.7 Å². The number of halogens is 3. The number of nitrogens with one attached hydrogen (secondary N) is 2. The molecule has 2 amide bonds. The summed E-state index contributed by atoms with van der Waals surface area (Å²) >= 11 is 0. The highest BCUT2D eigenvalue weighted by Gasteiger charge is 2.38. The van der Waals surface area contributed by atoms with E-state index in [9.17, 15) is 18.0 Å². The van der Waals surface area contributed by atoms with E-state index in [0.29, 0.717) is 13.1 Å². The first-order chi connectivity index (χ1) is 24.1. The van der Waals surface area contributed by atoms with Gasteiger partial charge in [-0.2, -0.15) is 13.2 Å². The molecular weight excluding hydrogens is 643 g/mol. The Bertz CT molecular complexity index is 1600. The van der Waals surface area contributed by atoms with Crippen LogP contribution in [0.1, 0.15) is 23.1 Å². The zero-order chi connectivity index (χ0) is 35.8. The Kier molecular flexibility index (Phi) is 14.8. The van der Waals surface area contributed by atoms with Gasteiger partial charge in [0.05, 0.1) is 0 Å². The zero-order valence-corrected chi connectivity index (χ0v) is 28.4. The van der Waals surface area contributed by atoms with Crippen LogP contribution in [-0.4, -0.2) is 90.8 Å². The van der Waals surface area contributed by atoms with Crippen molar-refractivity contribution in [2.45, 2.75) is 32.1 Å². The highest BCUT2D eigenvalue weighted by Crippen LogP contribution is 2.22. The third kappa shape index (κ3) is 13.3. The van der Waals surface area contributed by atoms with E-state index in [4.69, 9.17) is 9.90 Å². The van der Waals surface area contributed by atoms with Crippen LogP contribution in [0.2, 0.25) is 0 Å². The molecule has 0 aliphatic carbocycles. The molecule has 4 aromatic rings. The lowest BCUT2D eigenvalue weighted by Gasteiger charge is -2.33. The molecule has 1 fully saturated rings. The van der Waals surface area contributed by atoms with Gasteiger partial charge in [0.25, 0.3) is 0 Å². The van der Waals surface area contributed by atoms with Crippen LogP contribution in [0.25, 0.3) is 11.1 Å². The number of carboxylic acids is 1. The average Bonchev–Trinajstić information content (AvgIpc) is 3.11. The van der Waals surface area contributed by atoms with Gasteiger partial charge in [0.15, 0.2) is 0 Å². The minimum absolute atomic E-state index is 0.0564. The number of anilines is 1. The van der Waals surface area contributed by atoms with Gasteiger partial charge in [-0.15, -0.1) is 0 Å². The third-order valence-electron chi connectivity index (χ3n) is 8.40. The molecule has 0 aromatic heterocycles. The number of aliphatic carboxylic acids is 1. The van der Waals surface area contributed by atoms with Crippen LogP contribution < -0.4 is 10.6 Å². The second kappa shape index (κ2) is 19.5. The quantitative estimate of drug-likeness (QED) is 0.131. The predicted octanol–water partition coefficient (Wildman–Crippen LogP) is 6.99. The number of hydrogen-bond acceptors (Lipinski definition) is 5. The smallest absolute Gasteiger partial charge is 0.475 e. The van der Waals surface area contributed by atoms with E-state index >= 15 is 0 Å². The van der Waals surface area contributed by atoms with E-state index in [1.165, 1.54) is 22.3 Å². The molecule has 0 radical (unpaired) electrons. The molecule has 266 valence electrons. The monoisotopic (exact) mass is 689 g/mol. The van der Waals surface area contributed by atoms with Crippen molar-refractivity contribution in [3.05, 3.63) is 126 Å². The van der Waals surface area contributed by atoms with Crippen LogP contribution in [0.15, 0.2) is 109 Å². The summed E-state index contributed by atoms with van der Waals surface area (Å²) in [4.78, 5) is 29.1. The highest BCUT2D eigenvalue weighted by molar-refractivity contribution is 5.89. The molecule has 0 atom stereocenters. The predicted molar refractivity (Wildman–Crippen MR) is 192 cm³/mol. The number of carbonyl (C=O) groups excluding carboxylic acids is 1. The summed E-state index contributed by atoms with van der Waals surface area (Å²) < 4.78 is 31.7. The minimum Gasteiger partial charge on any atom is -0.475 e. The lowest BCUT2D eigenvalue weighted by atomic mass is 10.0. The second-order valence-corrected chi connectivity index (χ2v) is 12.3. The molecule has 1 aliphatic heterocycles. The summed E-state index contributed by atoms with van der Waals surface area (Å²) in [5.41, 5.74) is 6.94. The first kappa shape index (κ1) is 38.1. The lowest BCUT2D eigenvalue weighted by Crippen LogP contribution is -2.45. The summed E-state index contributed by atoms with van der Waals surface area (Å²) in [7, 11) is 2.18. The second-order valence-electron chi connectivity index (χ2n) is 12.3. The Morgan fingerprint density at radius 1 is 0.780 bits per heavy atom. The third-order valence-corrected chi connectivity index (χ3v) is 8.40. The van der Waals surface area contributed by atoms with Gasteiger partial charge in [0.1, 0.15) is 0 Å². The molecule has 0 bridgehead atoms. The van der Waals surface area contributed by atoms with Gasteiger partial charge in [0.2, 0.25) is 0 Å². The van der Waals surface area contributed by atoms with Crippen molar-refractivity contribution in [1.82, 2.24) is 20.0 Å². The number of urea groups is 1. The van der Waals surface area contributed by atoms with E-state index in [2.05, 4.69) is 106 Å². The topological polar surface area (TPSA) is 88.2 Å². The fraction of sp³-hybridized carbons (Fsp3) is 0.333. The van der Waals surface area contributed by atoms with Gasteiger partial charge >= 0.3 is 18.2 Å². The summed E-state index contributed by atoms with van der Waals surface area (Å²) in [6.07, 6.45) is -3.10. The van der Waals surface area contributed by atoms with Gasteiger partial charge in [-0.05, 0) is 79.0 Å². The molecule has 1 aliphatic rings. The molecule has 0 unspecified atom stereocenters. The van der Waals surface area contributed by atoms with Crippen molar-refractivity contribution in [2.24, 2.45) is 0 Å². The Morgan fingerprint density at radius 3 is 2.04 bits per heavy atom. The van der Waals surface area contributed by atoms with Crippen LogP contribution >= 0.6 is 0 Å². The van der Waals surface area contributed by atoms with Crippen LogP contribution in [0.5, 0.6) is 0 Å². The van der Waals surface area contributed by atoms with Crippen molar-refractivity contribution in [3.8, 4) is 11.1 Å². The van der Waals surface area contributed by atoms with Gasteiger partial charge in [0, 0.05) is 51.5 Å². The van der Waals surface area contributed by atoms with E-state index in [0.717, 1.165) is 69.9 Å². The number of likely N-dealkylation sites (N-methyl/N-ethyl adjacent to an activating group) is 1. The molecule has 0 saturated carbocycles. The van der Waals surface area contributed by atoms with Crippen molar-refractivity contribution in [3.63, 3.8) is 0 Å². The van der Waals surface area contributed by atoms with E-state index in [1.807, 2.05) is 35.2 Å². The Hall–Kier alpha value is -4.71. The van der Waals surface area contributed by atoms with E-state index in [-0.39, 0.29) is 6.03 Å². The van der Waals surface area contributed by atoms with Crippen molar-refractivity contribution < 1.29 is 27.9 Å². The number of para-hydroxylation sites is 1. The summed E-state index contributed by atoms with van der Waals surface area (Å²) in [6, 6.07) is 37.7. The standard InChI is InChI=1S/C37H45N5O.C2HF3O2/c1-40-24-26-41(27-25-40)22-9-23-42(37(43)39-36-14-6-3-7-15-36)30-33-12-8-13-35(28-33)34-18-16-32(17-19-34)29-38-21-20-31-10-4-2-5-11-31;3-2(4,5)1(6)7/h2-8,10-19,28,38H,9,20-27,29-30H2,1H3,(H,39,43);(H,6,7). The largest absolute Gasteiger partial charge is 0.490 e. The zero-order valence-electron chi connectivity index (χ0n) is 28.4. The maximum atomic E-state index is 13.4. The Balaban J connectivity index is 0.000000727. The number of amides is 2. The normalized spacial score (nSPS) is 13.6. The van der Waals surface area contributed by atoms with E-state index < -0.39 is 12.1 Å². The lowest BCUT2D eigenvalue weighted by molar-refractivity contribution is -0.192. The first-order valence-corrected chi connectivity index (χ1v) is 16.8. The number of alkyl halides is 3. The molecule has 3 N–H and O–H groups in total. The number of carbonyl (C=O) groups is 2. The van der Waals surface area contributed by atoms with Crippen LogP contribution in [0.3, 0.4) is 0 Å². The summed E-state index contributed by atoms with van der Waals surface area (Å²) in [5.74, 6) is -2.76. The highest BCUT2D eigenvalue weighted by atomic mass is 19.4. The maximum absolute atomic E-state index is 13.4. The summed E-state index contributed by atoms with van der Waals surface area (Å²) in [5, 5.41) is 13.8. The molecule has 1 saturated heterocycles. The number of carboxylic acid groups (broad SMARTS) is 1. The molecule has 1 heterocycles. The van der Waals surface area contributed by atoms with Crippen molar-refractivity contribution in [2.75, 3.05) is 58.2 Å². The molecule has 5 rings (SSSR count). The van der Waals surface area contributed by atoms with Gasteiger partial charge in [-0.25, -0.2) is 9.59 Å². The fourth-order valence-corrected chi connectivity index (χ4v) is 5.53. The number of piperazine rings is 1. The number of benzene rings is 4.